The van der Waals surface area contributed by atoms with E-state index in [0.717, 1.165) is 5.69 Å². The van der Waals surface area contributed by atoms with Crippen LogP contribution >= 0.6 is 0 Å². The van der Waals surface area contributed by atoms with Crippen LogP contribution in [0.2, 0.25) is 0 Å². The van der Waals surface area contributed by atoms with Gasteiger partial charge in [0.25, 0.3) is 0 Å². The average molecular weight is 273 g/mol. The third-order valence-electron chi connectivity index (χ3n) is 3.91. The number of rotatable bonds is 4. The average Bonchev–Trinajstić information content (AvgIpc) is 2.76. The highest BCUT2D eigenvalue weighted by atomic mass is 16.5. The Bertz CT molecular complexity index is 636. The molecular weight excluding hydrogens is 258 g/mol. The summed E-state index contributed by atoms with van der Waals surface area (Å²) < 4.78 is 5.22. The summed E-state index contributed by atoms with van der Waals surface area (Å²) in [6, 6.07) is 5.63. The minimum atomic E-state index is -0.815. The van der Waals surface area contributed by atoms with Crippen LogP contribution in [0.25, 0.3) is 0 Å². The lowest BCUT2D eigenvalue weighted by molar-refractivity contribution is -0.139. The Hall–Kier alpha value is -2.24. The van der Waals surface area contributed by atoms with Gasteiger partial charge in [-0.15, -0.1) is 0 Å². The van der Waals surface area contributed by atoms with E-state index in [0.29, 0.717) is 18.1 Å². The number of pyridine rings is 1. The van der Waals surface area contributed by atoms with Gasteiger partial charge >= 0.3 is 5.97 Å². The highest BCUT2D eigenvalue weighted by molar-refractivity contribution is 5.77. The van der Waals surface area contributed by atoms with Crippen molar-refractivity contribution in [3.05, 3.63) is 41.8 Å². The second-order valence-corrected chi connectivity index (χ2v) is 5.66. The van der Waals surface area contributed by atoms with Gasteiger partial charge in [-0.1, -0.05) is 25.1 Å². The van der Waals surface area contributed by atoms with E-state index in [1.54, 1.807) is 6.20 Å². The fourth-order valence-electron chi connectivity index (χ4n) is 2.69. The molecule has 2 aromatic heterocycles. The molecule has 0 saturated heterocycles. The molecule has 1 aliphatic carbocycles. The first-order valence-corrected chi connectivity index (χ1v) is 6.45. The monoisotopic (exact) mass is 273 g/mol. The third kappa shape index (κ3) is 2.07. The summed E-state index contributed by atoms with van der Waals surface area (Å²) >= 11 is 0. The molecule has 1 N–H and O–H groups in total. The quantitative estimate of drug-likeness (QED) is 0.914. The van der Waals surface area contributed by atoms with Gasteiger partial charge in [0.05, 0.1) is 18.3 Å². The predicted octanol–water partition coefficient (Wildman–Crippen LogP) is 1.88. The number of hydrogen-bond donors (Lipinski definition) is 1. The molecule has 0 spiro atoms. The molecule has 1 saturated carbocycles. The topological polar surface area (TPSA) is 89.1 Å². The molecule has 0 bridgehead atoms. The Kier molecular flexibility index (Phi) is 2.81. The molecule has 6 heteroatoms. The van der Waals surface area contributed by atoms with Gasteiger partial charge in [-0.05, 0) is 17.5 Å². The van der Waals surface area contributed by atoms with Crippen molar-refractivity contribution in [1.29, 1.82) is 0 Å². The molecule has 0 radical (unpaired) electrons. The SMILES string of the molecule is CC1(C)C(C(=O)O)C1c1nc(Cc2ccccn2)no1. The fourth-order valence-corrected chi connectivity index (χ4v) is 2.69. The van der Waals surface area contributed by atoms with Gasteiger partial charge in [-0.25, -0.2) is 0 Å². The molecular formula is C14H15N3O3. The molecule has 2 aromatic rings. The summed E-state index contributed by atoms with van der Waals surface area (Å²) in [7, 11) is 0. The van der Waals surface area contributed by atoms with Crippen molar-refractivity contribution >= 4 is 5.97 Å². The van der Waals surface area contributed by atoms with Gasteiger partial charge < -0.3 is 9.63 Å². The number of nitrogens with zero attached hydrogens (tertiary/aromatic N) is 3. The number of carbonyl (C=O) groups is 1. The summed E-state index contributed by atoms with van der Waals surface area (Å²) in [5.74, 6) is -0.529. The van der Waals surface area contributed by atoms with E-state index in [9.17, 15) is 4.79 Å². The zero-order chi connectivity index (χ0) is 14.3. The van der Waals surface area contributed by atoms with Crippen LogP contribution in [0, 0.1) is 11.3 Å². The molecule has 6 nitrogen and oxygen atoms in total. The lowest BCUT2D eigenvalue weighted by Crippen LogP contribution is -2.03. The molecule has 0 amide bonds. The summed E-state index contributed by atoms with van der Waals surface area (Å²) in [5.41, 5.74) is 0.519. The van der Waals surface area contributed by atoms with Gasteiger partial charge in [0, 0.05) is 11.9 Å². The van der Waals surface area contributed by atoms with Crippen molar-refractivity contribution in [2.45, 2.75) is 26.2 Å². The first-order chi connectivity index (χ1) is 9.50. The Labute approximate surface area is 115 Å². The molecule has 104 valence electrons. The van der Waals surface area contributed by atoms with Crippen molar-refractivity contribution in [2.75, 3.05) is 0 Å². The number of carboxylic acids is 1. The van der Waals surface area contributed by atoms with E-state index in [1.807, 2.05) is 32.0 Å². The van der Waals surface area contributed by atoms with Gasteiger partial charge in [0.15, 0.2) is 5.82 Å². The second-order valence-electron chi connectivity index (χ2n) is 5.66. The van der Waals surface area contributed by atoms with Gasteiger partial charge in [0.1, 0.15) is 0 Å². The molecule has 2 atom stereocenters. The summed E-state index contributed by atoms with van der Waals surface area (Å²) in [6.45, 7) is 3.80. The molecule has 1 aliphatic rings. The van der Waals surface area contributed by atoms with Crippen LogP contribution in [-0.4, -0.2) is 26.2 Å². The van der Waals surface area contributed by atoms with E-state index in [-0.39, 0.29) is 11.3 Å². The Morgan fingerprint density at radius 3 is 2.85 bits per heavy atom. The van der Waals surface area contributed by atoms with Crippen molar-refractivity contribution in [1.82, 2.24) is 15.1 Å². The predicted molar refractivity (Wildman–Crippen MR) is 69.0 cm³/mol. The second kappa shape index (κ2) is 4.40. The normalized spacial score (nSPS) is 23.5. The summed E-state index contributed by atoms with van der Waals surface area (Å²) in [6.07, 6.45) is 2.19. The van der Waals surface area contributed by atoms with Crippen LogP contribution in [0.5, 0.6) is 0 Å². The van der Waals surface area contributed by atoms with E-state index < -0.39 is 11.9 Å². The maximum atomic E-state index is 11.2. The first-order valence-electron chi connectivity index (χ1n) is 6.45. The van der Waals surface area contributed by atoms with Gasteiger partial charge in [-0.3, -0.25) is 9.78 Å². The molecule has 0 aliphatic heterocycles. The number of aromatic nitrogens is 3. The van der Waals surface area contributed by atoms with Crippen LogP contribution in [0.3, 0.4) is 0 Å². The zero-order valence-corrected chi connectivity index (χ0v) is 11.3. The molecule has 20 heavy (non-hydrogen) atoms. The zero-order valence-electron chi connectivity index (χ0n) is 11.3. The van der Waals surface area contributed by atoms with Crippen molar-refractivity contribution < 1.29 is 14.4 Å². The number of aliphatic carboxylic acids is 1. The van der Waals surface area contributed by atoms with Gasteiger partial charge in [-0.2, -0.15) is 4.98 Å². The smallest absolute Gasteiger partial charge is 0.307 e. The van der Waals surface area contributed by atoms with Crippen LogP contribution < -0.4 is 0 Å². The Balaban J connectivity index is 1.77. The standard InChI is InChI=1S/C14H15N3O3/c1-14(2)10(11(14)13(18)19)12-16-9(17-20-12)7-8-5-3-4-6-15-8/h3-6,10-11H,7H2,1-2H3,(H,18,19). The third-order valence-corrected chi connectivity index (χ3v) is 3.91. The minimum absolute atomic E-state index is 0.204. The van der Waals surface area contributed by atoms with Gasteiger partial charge in [0.2, 0.25) is 5.89 Å². The molecule has 2 unspecified atom stereocenters. The first kappa shape index (κ1) is 12.8. The van der Waals surface area contributed by atoms with E-state index in [4.69, 9.17) is 9.63 Å². The number of hydrogen-bond acceptors (Lipinski definition) is 5. The van der Waals surface area contributed by atoms with Crippen LogP contribution in [0.15, 0.2) is 28.9 Å². The fraction of sp³-hybridized carbons (Fsp3) is 0.429. The minimum Gasteiger partial charge on any atom is -0.481 e. The Morgan fingerprint density at radius 2 is 2.25 bits per heavy atom. The van der Waals surface area contributed by atoms with Crippen molar-refractivity contribution in [3.63, 3.8) is 0 Å². The number of carboxylic acid groups (broad SMARTS) is 1. The van der Waals surface area contributed by atoms with E-state index in [2.05, 4.69) is 15.1 Å². The largest absolute Gasteiger partial charge is 0.481 e. The maximum absolute atomic E-state index is 11.2. The highest BCUT2D eigenvalue weighted by Crippen LogP contribution is 2.63. The molecule has 1 fully saturated rings. The molecule has 2 heterocycles. The van der Waals surface area contributed by atoms with Crippen LogP contribution in [0.1, 0.15) is 37.2 Å². The van der Waals surface area contributed by atoms with E-state index in [1.165, 1.54) is 0 Å². The maximum Gasteiger partial charge on any atom is 0.307 e. The molecule has 0 aromatic carbocycles. The highest BCUT2D eigenvalue weighted by Gasteiger charge is 2.65. The lowest BCUT2D eigenvalue weighted by Gasteiger charge is -1.96. The van der Waals surface area contributed by atoms with Crippen LogP contribution in [-0.2, 0) is 11.2 Å². The Morgan fingerprint density at radius 1 is 1.45 bits per heavy atom. The van der Waals surface area contributed by atoms with Crippen molar-refractivity contribution in [3.8, 4) is 0 Å². The molecule has 3 rings (SSSR count). The summed E-state index contributed by atoms with van der Waals surface area (Å²) in [5, 5.41) is 13.1. The van der Waals surface area contributed by atoms with E-state index >= 15 is 0 Å². The van der Waals surface area contributed by atoms with Crippen molar-refractivity contribution in [2.24, 2.45) is 11.3 Å². The van der Waals surface area contributed by atoms with Crippen LogP contribution in [0.4, 0.5) is 0 Å². The lowest BCUT2D eigenvalue weighted by atomic mass is 10.1. The summed E-state index contributed by atoms with van der Waals surface area (Å²) in [4.78, 5) is 19.7.